The molecule has 3 aliphatic rings. The maximum Gasteiger partial charge on any atom is 0.317 e. The third-order valence-electron chi connectivity index (χ3n) is 6.65. The van der Waals surface area contributed by atoms with Crippen LogP contribution in [-0.2, 0) is 20.8 Å². The fourth-order valence-electron chi connectivity index (χ4n) is 5.52. The van der Waals surface area contributed by atoms with E-state index in [1.165, 1.54) is 0 Å². The number of rotatable bonds is 6. The van der Waals surface area contributed by atoms with Crippen LogP contribution in [0, 0.1) is 11.8 Å². The highest BCUT2D eigenvalue weighted by molar-refractivity contribution is 5.79. The smallest absolute Gasteiger partial charge is 0.317 e. The number of carboxylic acid groups (broad SMARTS) is 1. The van der Waals surface area contributed by atoms with Gasteiger partial charge in [0.05, 0.1) is 19.0 Å². The van der Waals surface area contributed by atoms with Crippen LogP contribution in [0.2, 0.25) is 0 Å². The standard InChI is InChI=1S/C22H29N3O4/c26-20(9-15-5-2-1-3-6-15)23-11-19-17-10-16(12-24(13-17)14-22(28)29)18-7-4-8-21(27)25(18)19/h1-3,5-6,16-19H,4,7-14H2,(H,23,26)(H,28,29)/t16-,17+,18+,19+/m1/s1. The second kappa shape index (κ2) is 8.53. The van der Waals surface area contributed by atoms with E-state index in [0.717, 1.165) is 31.4 Å². The molecule has 3 heterocycles. The molecule has 3 saturated heterocycles. The molecular weight excluding hydrogens is 370 g/mol. The van der Waals surface area contributed by atoms with Gasteiger partial charge < -0.3 is 15.3 Å². The van der Waals surface area contributed by atoms with Gasteiger partial charge in [0, 0.05) is 32.1 Å². The van der Waals surface area contributed by atoms with Gasteiger partial charge in [-0.15, -0.1) is 0 Å². The number of carbonyl (C=O) groups excluding carboxylic acids is 2. The molecule has 156 valence electrons. The zero-order valence-corrected chi connectivity index (χ0v) is 16.6. The monoisotopic (exact) mass is 399 g/mol. The molecule has 2 N–H and O–H groups in total. The first-order valence-corrected chi connectivity index (χ1v) is 10.6. The van der Waals surface area contributed by atoms with Crippen LogP contribution >= 0.6 is 0 Å². The number of carbonyl (C=O) groups is 3. The third-order valence-corrected chi connectivity index (χ3v) is 6.65. The van der Waals surface area contributed by atoms with Crippen molar-refractivity contribution in [3.63, 3.8) is 0 Å². The van der Waals surface area contributed by atoms with Crippen LogP contribution in [0.5, 0.6) is 0 Å². The lowest BCUT2D eigenvalue weighted by molar-refractivity contribution is -0.155. The molecule has 2 amide bonds. The molecule has 0 aliphatic carbocycles. The van der Waals surface area contributed by atoms with Crippen molar-refractivity contribution < 1.29 is 19.5 Å². The van der Waals surface area contributed by atoms with Crippen molar-refractivity contribution in [3.8, 4) is 0 Å². The van der Waals surface area contributed by atoms with Crippen LogP contribution in [0.25, 0.3) is 0 Å². The summed E-state index contributed by atoms with van der Waals surface area (Å²) < 4.78 is 0. The number of nitrogens with one attached hydrogen (secondary N) is 1. The summed E-state index contributed by atoms with van der Waals surface area (Å²) in [6.45, 7) is 1.88. The quantitative estimate of drug-likeness (QED) is 0.749. The van der Waals surface area contributed by atoms with Gasteiger partial charge in [-0.2, -0.15) is 0 Å². The summed E-state index contributed by atoms with van der Waals surface area (Å²) in [7, 11) is 0. The highest BCUT2D eigenvalue weighted by Crippen LogP contribution is 2.41. The Labute approximate surface area is 171 Å². The normalized spacial score (nSPS) is 29.2. The number of hydrogen-bond donors (Lipinski definition) is 2. The Bertz CT molecular complexity index is 769. The molecule has 7 nitrogen and oxygen atoms in total. The van der Waals surface area contributed by atoms with E-state index in [4.69, 9.17) is 0 Å². The largest absolute Gasteiger partial charge is 0.480 e. The van der Waals surface area contributed by atoms with E-state index in [9.17, 15) is 19.5 Å². The second-order valence-corrected chi connectivity index (χ2v) is 8.64. The van der Waals surface area contributed by atoms with Crippen molar-refractivity contribution in [1.82, 2.24) is 15.1 Å². The van der Waals surface area contributed by atoms with E-state index in [1.807, 2.05) is 40.1 Å². The molecule has 4 rings (SSSR count). The molecule has 7 heteroatoms. The van der Waals surface area contributed by atoms with Crippen LogP contribution in [0.3, 0.4) is 0 Å². The Hall–Kier alpha value is -2.41. The summed E-state index contributed by atoms with van der Waals surface area (Å²) in [4.78, 5) is 40.5. The first kappa shape index (κ1) is 19.9. The molecular formula is C22H29N3O4. The van der Waals surface area contributed by atoms with Gasteiger partial charge >= 0.3 is 5.97 Å². The Morgan fingerprint density at radius 3 is 2.66 bits per heavy atom. The Balaban J connectivity index is 1.46. The van der Waals surface area contributed by atoms with E-state index >= 15 is 0 Å². The Morgan fingerprint density at radius 2 is 1.90 bits per heavy atom. The predicted molar refractivity (Wildman–Crippen MR) is 107 cm³/mol. The molecule has 4 atom stereocenters. The lowest BCUT2D eigenvalue weighted by Crippen LogP contribution is -2.67. The summed E-state index contributed by atoms with van der Waals surface area (Å²) in [5.74, 6) is -0.145. The fourth-order valence-corrected chi connectivity index (χ4v) is 5.52. The molecule has 3 fully saturated rings. The number of hydrogen-bond acceptors (Lipinski definition) is 4. The lowest BCUT2D eigenvalue weighted by atomic mass is 9.72. The summed E-state index contributed by atoms with van der Waals surface area (Å²) >= 11 is 0. The molecule has 0 unspecified atom stereocenters. The molecule has 29 heavy (non-hydrogen) atoms. The average molecular weight is 399 g/mol. The summed E-state index contributed by atoms with van der Waals surface area (Å²) in [5, 5.41) is 12.3. The van der Waals surface area contributed by atoms with Gasteiger partial charge in [0.15, 0.2) is 0 Å². The van der Waals surface area contributed by atoms with Crippen molar-refractivity contribution in [2.75, 3.05) is 26.2 Å². The van der Waals surface area contributed by atoms with Crippen molar-refractivity contribution in [1.29, 1.82) is 0 Å². The molecule has 0 radical (unpaired) electrons. The topological polar surface area (TPSA) is 89.9 Å². The van der Waals surface area contributed by atoms with Crippen molar-refractivity contribution in [3.05, 3.63) is 35.9 Å². The molecule has 0 spiro atoms. The molecule has 2 bridgehead atoms. The number of likely N-dealkylation sites (tertiary alicyclic amines) is 1. The maximum atomic E-state index is 12.8. The summed E-state index contributed by atoms with van der Waals surface area (Å²) in [5.41, 5.74) is 0.964. The number of carboxylic acids is 1. The van der Waals surface area contributed by atoms with Gasteiger partial charge in [-0.05, 0) is 36.7 Å². The van der Waals surface area contributed by atoms with Gasteiger partial charge in [-0.3, -0.25) is 19.3 Å². The fraction of sp³-hybridized carbons (Fsp3) is 0.591. The highest BCUT2D eigenvalue weighted by Gasteiger charge is 2.49. The van der Waals surface area contributed by atoms with Gasteiger partial charge in [0.1, 0.15) is 0 Å². The van der Waals surface area contributed by atoms with Gasteiger partial charge in [-0.1, -0.05) is 30.3 Å². The minimum atomic E-state index is -0.811. The van der Waals surface area contributed by atoms with E-state index in [1.54, 1.807) is 0 Å². The van der Waals surface area contributed by atoms with Gasteiger partial charge in [-0.25, -0.2) is 0 Å². The molecule has 0 saturated carbocycles. The number of benzene rings is 1. The average Bonchev–Trinajstić information content (AvgIpc) is 2.68. The number of fused-ring (bicyclic) bond motifs is 4. The highest BCUT2D eigenvalue weighted by atomic mass is 16.4. The van der Waals surface area contributed by atoms with Crippen molar-refractivity contribution >= 4 is 17.8 Å². The van der Waals surface area contributed by atoms with E-state index in [2.05, 4.69) is 5.32 Å². The zero-order chi connectivity index (χ0) is 20.4. The van der Waals surface area contributed by atoms with E-state index in [-0.39, 0.29) is 36.4 Å². The lowest BCUT2D eigenvalue weighted by Gasteiger charge is -2.56. The molecule has 1 aromatic carbocycles. The van der Waals surface area contributed by atoms with Crippen LogP contribution in [0.4, 0.5) is 0 Å². The zero-order valence-electron chi connectivity index (χ0n) is 16.6. The molecule has 0 aromatic heterocycles. The first-order chi connectivity index (χ1) is 14.0. The third kappa shape index (κ3) is 4.45. The predicted octanol–water partition coefficient (Wildman–Crippen LogP) is 1.13. The van der Waals surface area contributed by atoms with Crippen LogP contribution in [0.15, 0.2) is 30.3 Å². The number of aliphatic carboxylic acids is 1. The second-order valence-electron chi connectivity index (χ2n) is 8.64. The minimum absolute atomic E-state index is 0.0424. The maximum absolute atomic E-state index is 12.8. The van der Waals surface area contributed by atoms with E-state index < -0.39 is 5.97 Å². The van der Waals surface area contributed by atoms with Crippen molar-refractivity contribution in [2.45, 2.75) is 44.2 Å². The van der Waals surface area contributed by atoms with Gasteiger partial charge in [0.2, 0.25) is 11.8 Å². The molecule has 1 aromatic rings. The van der Waals surface area contributed by atoms with E-state index in [0.29, 0.717) is 31.8 Å². The number of nitrogens with zero attached hydrogens (tertiary/aromatic N) is 2. The number of piperidine rings is 3. The Morgan fingerprint density at radius 1 is 1.14 bits per heavy atom. The minimum Gasteiger partial charge on any atom is -0.480 e. The van der Waals surface area contributed by atoms with Crippen LogP contribution in [-0.4, -0.2) is 71.0 Å². The Kier molecular flexibility index (Phi) is 5.85. The first-order valence-electron chi connectivity index (χ1n) is 10.6. The van der Waals surface area contributed by atoms with Crippen molar-refractivity contribution in [2.24, 2.45) is 11.8 Å². The summed E-state index contributed by atoms with van der Waals surface area (Å²) in [6, 6.07) is 9.73. The van der Waals surface area contributed by atoms with Gasteiger partial charge in [0.25, 0.3) is 0 Å². The summed E-state index contributed by atoms with van der Waals surface area (Å²) in [6.07, 6.45) is 3.77. The number of amides is 2. The van der Waals surface area contributed by atoms with Crippen LogP contribution < -0.4 is 5.32 Å². The molecule has 3 aliphatic heterocycles. The van der Waals surface area contributed by atoms with Crippen LogP contribution in [0.1, 0.15) is 31.2 Å². The SMILES string of the molecule is O=C(O)CN1C[C@H]2C[C@@H](C1)[C@H](CNC(=O)Cc1ccccc1)N1C(=O)CCC[C@@H]21.